The summed E-state index contributed by atoms with van der Waals surface area (Å²) in [6.07, 6.45) is 0.140. The van der Waals surface area contributed by atoms with Crippen molar-refractivity contribution in [2.24, 2.45) is 0 Å². The zero-order chi connectivity index (χ0) is 17.9. The Labute approximate surface area is 143 Å². The van der Waals surface area contributed by atoms with Gasteiger partial charge in [-0.3, -0.25) is 4.79 Å². The number of hydrogen-bond donors (Lipinski definition) is 2. The second-order valence-electron chi connectivity index (χ2n) is 5.69. The average Bonchev–Trinajstić information content (AvgIpc) is 2.89. The lowest BCUT2D eigenvalue weighted by molar-refractivity contribution is -0.122. The summed E-state index contributed by atoms with van der Waals surface area (Å²) in [5.74, 6) is -1.84. The SMILES string of the molecule is Cc1nc(C(C)NC(=O)CC(C)c2ccccc2F)sc1C(=O)O. The van der Waals surface area contributed by atoms with Gasteiger partial charge in [-0.15, -0.1) is 11.3 Å². The first-order valence-corrected chi connectivity index (χ1v) is 8.35. The predicted molar refractivity (Wildman–Crippen MR) is 89.8 cm³/mol. The van der Waals surface area contributed by atoms with Crippen LogP contribution >= 0.6 is 11.3 Å². The number of carboxylic acid groups (broad SMARTS) is 1. The van der Waals surface area contributed by atoms with Crippen molar-refractivity contribution in [3.8, 4) is 0 Å². The van der Waals surface area contributed by atoms with Gasteiger partial charge in [0.15, 0.2) is 0 Å². The van der Waals surface area contributed by atoms with E-state index in [0.717, 1.165) is 11.3 Å². The van der Waals surface area contributed by atoms with E-state index in [9.17, 15) is 14.0 Å². The zero-order valence-electron chi connectivity index (χ0n) is 13.7. The number of aromatic nitrogens is 1. The fraction of sp³-hybridized carbons (Fsp3) is 0.353. The summed E-state index contributed by atoms with van der Waals surface area (Å²) in [5, 5.41) is 12.4. The Morgan fingerprint density at radius 3 is 2.58 bits per heavy atom. The molecule has 5 nitrogen and oxygen atoms in total. The largest absolute Gasteiger partial charge is 0.477 e. The summed E-state index contributed by atoms with van der Waals surface area (Å²) >= 11 is 1.05. The molecular weight excluding hydrogens is 331 g/mol. The quantitative estimate of drug-likeness (QED) is 0.833. The maximum Gasteiger partial charge on any atom is 0.347 e. The number of carbonyl (C=O) groups excluding carboxylic acids is 1. The monoisotopic (exact) mass is 350 g/mol. The molecule has 2 unspecified atom stereocenters. The summed E-state index contributed by atoms with van der Waals surface area (Å²) in [6.45, 7) is 5.16. The van der Waals surface area contributed by atoms with Crippen LogP contribution in [0.3, 0.4) is 0 Å². The van der Waals surface area contributed by atoms with E-state index in [0.29, 0.717) is 16.3 Å². The summed E-state index contributed by atoms with van der Waals surface area (Å²) in [7, 11) is 0. The Hall–Kier alpha value is -2.28. The highest BCUT2D eigenvalue weighted by Crippen LogP contribution is 2.25. The molecule has 0 radical (unpaired) electrons. The highest BCUT2D eigenvalue weighted by Gasteiger charge is 2.20. The third-order valence-corrected chi connectivity index (χ3v) is 5.01. The molecule has 0 saturated carbocycles. The molecule has 7 heteroatoms. The number of carbonyl (C=O) groups is 2. The number of hydrogen-bond acceptors (Lipinski definition) is 4. The number of amides is 1. The van der Waals surface area contributed by atoms with Gasteiger partial charge in [0, 0.05) is 6.42 Å². The molecule has 2 aromatic rings. The van der Waals surface area contributed by atoms with E-state index in [-0.39, 0.29) is 28.9 Å². The lowest BCUT2D eigenvalue weighted by atomic mass is 9.97. The fourth-order valence-electron chi connectivity index (χ4n) is 2.43. The molecule has 1 aromatic heterocycles. The van der Waals surface area contributed by atoms with Gasteiger partial charge in [-0.05, 0) is 31.4 Å². The molecule has 128 valence electrons. The van der Waals surface area contributed by atoms with Gasteiger partial charge in [0.1, 0.15) is 15.7 Å². The lowest BCUT2D eigenvalue weighted by Gasteiger charge is -2.15. The van der Waals surface area contributed by atoms with Gasteiger partial charge < -0.3 is 10.4 Å². The first-order chi connectivity index (χ1) is 11.3. The van der Waals surface area contributed by atoms with E-state index in [1.807, 2.05) is 0 Å². The molecule has 1 heterocycles. The number of aryl methyl sites for hydroxylation is 1. The second kappa shape index (κ2) is 7.53. The number of carboxylic acids is 1. The van der Waals surface area contributed by atoms with Crippen molar-refractivity contribution in [3.63, 3.8) is 0 Å². The van der Waals surface area contributed by atoms with E-state index in [4.69, 9.17) is 5.11 Å². The summed E-state index contributed by atoms with van der Waals surface area (Å²) in [4.78, 5) is 27.6. The summed E-state index contributed by atoms with van der Waals surface area (Å²) < 4.78 is 13.7. The number of nitrogens with zero attached hydrogens (tertiary/aromatic N) is 1. The third kappa shape index (κ3) is 4.17. The van der Waals surface area contributed by atoms with Crippen LogP contribution < -0.4 is 5.32 Å². The van der Waals surface area contributed by atoms with Crippen LogP contribution in [0.15, 0.2) is 24.3 Å². The van der Waals surface area contributed by atoms with Crippen molar-refractivity contribution in [2.45, 2.75) is 39.2 Å². The van der Waals surface area contributed by atoms with Crippen LogP contribution in [-0.2, 0) is 4.79 Å². The smallest absolute Gasteiger partial charge is 0.347 e. The number of halogens is 1. The van der Waals surface area contributed by atoms with Crippen LogP contribution in [0.4, 0.5) is 4.39 Å². The third-order valence-electron chi connectivity index (χ3n) is 3.68. The lowest BCUT2D eigenvalue weighted by Crippen LogP contribution is -2.27. The highest BCUT2D eigenvalue weighted by molar-refractivity contribution is 7.13. The molecule has 0 fully saturated rings. The van der Waals surface area contributed by atoms with Crippen molar-refractivity contribution in [1.29, 1.82) is 0 Å². The summed E-state index contributed by atoms with van der Waals surface area (Å²) in [5.41, 5.74) is 0.932. The number of rotatable bonds is 6. The number of nitrogens with one attached hydrogen (secondary N) is 1. The van der Waals surface area contributed by atoms with E-state index >= 15 is 0 Å². The highest BCUT2D eigenvalue weighted by atomic mass is 32.1. The minimum absolute atomic E-state index is 0.140. The number of thiazole rings is 1. The first-order valence-electron chi connectivity index (χ1n) is 7.54. The molecule has 2 rings (SSSR count). The van der Waals surface area contributed by atoms with Crippen LogP contribution in [0.1, 0.15) is 58.2 Å². The van der Waals surface area contributed by atoms with Crippen molar-refractivity contribution < 1.29 is 19.1 Å². The van der Waals surface area contributed by atoms with Gasteiger partial charge in [0.2, 0.25) is 5.91 Å². The van der Waals surface area contributed by atoms with Crippen molar-refractivity contribution in [1.82, 2.24) is 10.3 Å². The van der Waals surface area contributed by atoms with Gasteiger partial charge in [0.25, 0.3) is 0 Å². The van der Waals surface area contributed by atoms with Crippen LogP contribution in [0, 0.1) is 12.7 Å². The van der Waals surface area contributed by atoms with E-state index in [2.05, 4.69) is 10.3 Å². The van der Waals surface area contributed by atoms with Crippen LogP contribution in [0.25, 0.3) is 0 Å². The Balaban J connectivity index is 2.00. The molecule has 1 aromatic carbocycles. The molecule has 0 bridgehead atoms. The molecule has 2 N–H and O–H groups in total. The van der Waals surface area contributed by atoms with Crippen molar-refractivity contribution >= 4 is 23.2 Å². The Morgan fingerprint density at radius 1 is 1.33 bits per heavy atom. The van der Waals surface area contributed by atoms with Gasteiger partial charge in [-0.2, -0.15) is 0 Å². The molecule has 1 amide bonds. The van der Waals surface area contributed by atoms with Crippen LogP contribution in [-0.4, -0.2) is 22.0 Å². The molecule has 0 spiro atoms. The molecule has 0 aliphatic carbocycles. The predicted octanol–water partition coefficient (Wildman–Crippen LogP) is 3.66. The topological polar surface area (TPSA) is 79.3 Å². The molecular formula is C17H19FN2O3S. The zero-order valence-corrected chi connectivity index (χ0v) is 14.5. The number of benzene rings is 1. The molecule has 0 saturated heterocycles. The van der Waals surface area contributed by atoms with E-state index in [1.54, 1.807) is 39.0 Å². The normalized spacial score (nSPS) is 13.3. The van der Waals surface area contributed by atoms with Crippen LogP contribution in [0.5, 0.6) is 0 Å². The van der Waals surface area contributed by atoms with E-state index in [1.165, 1.54) is 6.07 Å². The van der Waals surface area contributed by atoms with E-state index < -0.39 is 12.0 Å². The van der Waals surface area contributed by atoms with Crippen LogP contribution in [0.2, 0.25) is 0 Å². The molecule has 0 aliphatic rings. The van der Waals surface area contributed by atoms with Gasteiger partial charge in [-0.1, -0.05) is 25.1 Å². The maximum absolute atomic E-state index is 13.7. The van der Waals surface area contributed by atoms with Crippen molar-refractivity contribution in [2.75, 3.05) is 0 Å². The Bertz CT molecular complexity index is 760. The Morgan fingerprint density at radius 2 is 2.00 bits per heavy atom. The van der Waals surface area contributed by atoms with Gasteiger partial charge in [0.05, 0.1) is 11.7 Å². The number of aromatic carboxylic acids is 1. The Kier molecular flexibility index (Phi) is 5.66. The first kappa shape index (κ1) is 18.1. The standard InChI is InChI=1S/C17H19FN2O3S/c1-9(12-6-4-5-7-13(12)18)8-14(21)19-11(3)16-20-10(2)15(24-16)17(22)23/h4-7,9,11H,8H2,1-3H3,(H,19,21)(H,22,23). The molecule has 2 atom stereocenters. The maximum atomic E-state index is 13.7. The summed E-state index contributed by atoms with van der Waals surface area (Å²) in [6, 6.07) is 5.99. The van der Waals surface area contributed by atoms with Crippen molar-refractivity contribution in [3.05, 3.63) is 51.2 Å². The minimum atomic E-state index is -1.03. The molecule has 24 heavy (non-hydrogen) atoms. The second-order valence-corrected chi connectivity index (χ2v) is 6.72. The minimum Gasteiger partial charge on any atom is -0.477 e. The molecule has 0 aliphatic heterocycles. The van der Waals surface area contributed by atoms with Gasteiger partial charge in [-0.25, -0.2) is 14.2 Å². The average molecular weight is 350 g/mol. The van der Waals surface area contributed by atoms with Gasteiger partial charge >= 0.3 is 5.97 Å². The fourth-order valence-corrected chi connectivity index (χ4v) is 3.33.